The Morgan fingerprint density at radius 3 is 2.20 bits per heavy atom. The van der Waals surface area contributed by atoms with Gasteiger partial charge in [0.05, 0.1) is 0 Å². The Balaban J connectivity index is 2.25. The molecule has 0 unspecified atom stereocenters. The van der Waals surface area contributed by atoms with E-state index in [1.165, 1.54) is 0 Å². The molecular weight excluding hydrogens is 188 g/mol. The summed E-state index contributed by atoms with van der Waals surface area (Å²) in [5.41, 5.74) is 6.06. The van der Waals surface area contributed by atoms with Crippen LogP contribution in [0, 0.1) is 16.7 Å². The molecule has 1 rings (SSSR count). The normalized spacial score (nSPS) is 22.5. The van der Waals surface area contributed by atoms with Gasteiger partial charge < -0.3 is 11.1 Å². The van der Waals surface area contributed by atoms with Crippen molar-refractivity contribution >= 4 is 5.91 Å². The molecule has 0 aliphatic heterocycles. The SMILES string of the molecule is CC1(C)C(CNC(=O)CCCN)C1(C)C. The van der Waals surface area contributed by atoms with E-state index in [0.717, 1.165) is 13.0 Å². The highest BCUT2D eigenvalue weighted by Gasteiger charge is 2.64. The third-order valence-corrected chi connectivity index (χ3v) is 4.43. The number of rotatable bonds is 5. The fourth-order valence-electron chi connectivity index (χ4n) is 2.41. The minimum Gasteiger partial charge on any atom is -0.356 e. The van der Waals surface area contributed by atoms with Gasteiger partial charge in [0, 0.05) is 13.0 Å². The van der Waals surface area contributed by atoms with Gasteiger partial charge in [0.15, 0.2) is 0 Å². The third-order valence-electron chi connectivity index (χ3n) is 4.43. The van der Waals surface area contributed by atoms with Gasteiger partial charge in [-0.15, -0.1) is 0 Å². The lowest BCUT2D eigenvalue weighted by atomic mass is 10.0. The first-order valence-electron chi connectivity index (χ1n) is 5.81. The van der Waals surface area contributed by atoms with Crippen molar-refractivity contribution < 1.29 is 4.79 Å². The fraction of sp³-hybridized carbons (Fsp3) is 0.917. The van der Waals surface area contributed by atoms with Crippen molar-refractivity contribution in [2.75, 3.05) is 13.1 Å². The molecule has 0 aromatic carbocycles. The van der Waals surface area contributed by atoms with Crippen LogP contribution in [-0.2, 0) is 4.79 Å². The zero-order valence-corrected chi connectivity index (χ0v) is 10.4. The lowest BCUT2D eigenvalue weighted by Crippen LogP contribution is -2.27. The Bertz CT molecular complexity index is 232. The van der Waals surface area contributed by atoms with E-state index in [1.807, 2.05) is 0 Å². The van der Waals surface area contributed by atoms with Crippen LogP contribution in [0.2, 0.25) is 0 Å². The summed E-state index contributed by atoms with van der Waals surface area (Å²) in [6, 6.07) is 0. The maximum Gasteiger partial charge on any atom is 0.220 e. The van der Waals surface area contributed by atoms with Gasteiger partial charge in [0.1, 0.15) is 0 Å². The second kappa shape index (κ2) is 4.12. The standard InChI is InChI=1S/C12H24N2O/c1-11(2)9(12(11,3)4)8-14-10(15)6-5-7-13/h9H,5-8,13H2,1-4H3,(H,14,15). The highest BCUT2D eigenvalue weighted by atomic mass is 16.1. The smallest absolute Gasteiger partial charge is 0.220 e. The van der Waals surface area contributed by atoms with Gasteiger partial charge in [-0.2, -0.15) is 0 Å². The van der Waals surface area contributed by atoms with Gasteiger partial charge in [0.25, 0.3) is 0 Å². The van der Waals surface area contributed by atoms with Crippen LogP contribution in [0.3, 0.4) is 0 Å². The van der Waals surface area contributed by atoms with Crippen LogP contribution < -0.4 is 11.1 Å². The molecule has 0 aromatic heterocycles. The second-order valence-electron chi connectivity index (χ2n) is 5.69. The van der Waals surface area contributed by atoms with E-state index in [2.05, 4.69) is 33.0 Å². The molecular formula is C12H24N2O. The molecule has 1 fully saturated rings. The number of amides is 1. The van der Waals surface area contributed by atoms with Crippen LogP contribution in [0.5, 0.6) is 0 Å². The fourth-order valence-corrected chi connectivity index (χ4v) is 2.41. The molecule has 1 aliphatic carbocycles. The number of carbonyl (C=O) groups excluding carboxylic acids is 1. The molecule has 0 spiro atoms. The monoisotopic (exact) mass is 212 g/mol. The Labute approximate surface area is 92.8 Å². The highest BCUT2D eigenvalue weighted by Crippen LogP contribution is 2.67. The van der Waals surface area contributed by atoms with Gasteiger partial charge in [-0.25, -0.2) is 0 Å². The second-order valence-corrected chi connectivity index (χ2v) is 5.69. The summed E-state index contributed by atoms with van der Waals surface area (Å²) in [7, 11) is 0. The topological polar surface area (TPSA) is 55.1 Å². The van der Waals surface area contributed by atoms with E-state index in [0.29, 0.717) is 29.7 Å². The first-order chi connectivity index (χ1) is 6.84. The molecule has 0 atom stereocenters. The van der Waals surface area contributed by atoms with Crippen molar-refractivity contribution in [2.45, 2.75) is 40.5 Å². The third kappa shape index (κ3) is 2.33. The van der Waals surface area contributed by atoms with E-state index < -0.39 is 0 Å². The highest BCUT2D eigenvalue weighted by molar-refractivity contribution is 5.75. The average Bonchev–Trinajstić information content (AvgIpc) is 2.51. The number of hydrogen-bond acceptors (Lipinski definition) is 2. The molecule has 1 saturated carbocycles. The van der Waals surface area contributed by atoms with Crippen molar-refractivity contribution in [2.24, 2.45) is 22.5 Å². The summed E-state index contributed by atoms with van der Waals surface area (Å²) < 4.78 is 0. The van der Waals surface area contributed by atoms with Crippen molar-refractivity contribution in [3.05, 3.63) is 0 Å². The minimum atomic E-state index is 0.138. The molecule has 0 bridgehead atoms. The Morgan fingerprint density at radius 2 is 1.80 bits per heavy atom. The molecule has 0 radical (unpaired) electrons. The minimum absolute atomic E-state index is 0.138. The summed E-state index contributed by atoms with van der Waals surface area (Å²) in [6.45, 7) is 10.5. The van der Waals surface area contributed by atoms with Crippen LogP contribution in [-0.4, -0.2) is 19.0 Å². The number of carbonyl (C=O) groups is 1. The number of nitrogens with two attached hydrogens (primary N) is 1. The van der Waals surface area contributed by atoms with Crippen molar-refractivity contribution in [3.8, 4) is 0 Å². The van der Waals surface area contributed by atoms with Gasteiger partial charge in [-0.1, -0.05) is 27.7 Å². The van der Waals surface area contributed by atoms with E-state index >= 15 is 0 Å². The molecule has 0 aromatic rings. The Morgan fingerprint density at radius 1 is 1.27 bits per heavy atom. The summed E-state index contributed by atoms with van der Waals surface area (Å²) in [4.78, 5) is 11.4. The Hall–Kier alpha value is -0.570. The van der Waals surface area contributed by atoms with Gasteiger partial charge in [-0.3, -0.25) is 4.79 Å². The maximum absolute atomic E-state index is 11.4. The zero-order valence-electron chi connectivity index (χ0n) is 10.4. The molecule has 0 heterocycles. The lowest BCUT2D eigenvalue weighted by molar-refractivity contribution is -0.121. The van der Waals surface area contributed by atoms with E-state index in [1.54, 1.807) is 0 Å². The zero-order chi connectivity index (χ0) is 11.7. The van der Waals surface area contributed by atoms with E-state index in [4.69, 9.17) is 5.73 Å². The molecule has 3 nitrogen and oxygen atoms in total. The molecule has 1 aliphatic rings. The summed E-state index contributed by atoms with van der Waals surface area (Å²) in [5, 5.41) is 3.00. The molecule has 88 valence electrons. The van der Waals surface area contributed by atoms with Crippen molar-refractivity contribution in [1.29, 1.82) is 0 Å². The van der Waals surface area contributed by atoms with Crippen LogP contribution in [0.4, 0.5) is 0 Å². The molecule has 1 amide bonds. The van der Waals surface area contributed by atoms with Gasteiger partial charge in [-0.05, 0) is 29.7 Å². The molecule has 15 heavy (non-hydrogen) atoms. The number of hydrogen-bond donors (Lipinski definition) is 2. The van der Waals surface area contributed by atoms with Crippen molar-refractivity contribution in [3.63, 3.8) is 0 Å². The average molecular weight is 212 g/mol. The first-order valence-corrected chi connectivity index (χ1v) is 5.81. The molecule has 3 N–H and O–H groups in total. The van der Waals surface area contributed by atoms with Gasteiger partial charge >= 0.3 is 0 Å². The quantitative estimate of drug-likeness (QED) is 0.726. The summed E-state index contributed by atoms with van der Waals surface area (Å²) in [5.74, 6) is 0.741. The van der Waals surface area contributed by atoms with Crippen LogP contribution in [0.15, 0.2) is 0 Å². The van der Waals surface area contributed by atoms with E-state index in [9.17, 15) is 4.79 Å². The summed E-state index contributed by atoms with van der Waals surface area (Å²) >= 11 is 0. The van der Waals surface area contributed by atoms with Crippen LogP contribution >= 0.6 is 0 Å². The predicted molar refractivity (Wildman–Crippen MR) is 62.4 cm³/mol. The number of nitrogens with one attached hydrogen (secondary N) is 1. The summed E-state index contributed by atoms with van der Waals surface area (Å²) in [6.07, 6.45) is 1.34. The lowest BCUT2D eigenvalue weighted by Gasteiger charge is -2.05. The van der Waals surface area contributed by atoms with Crippen molar-refractivity contribution in [1.82, 2.24) is 5.32 Å². The predicted octanol–water partition coefficient (Wildman–Crippen LogP) is 1.52. The largest absolute Gasteiger partial charge is 0.356 e. The maximum atomic E-state index is 11.4. The van der Waals surface area contributed by atoms with Crippen LogP contribution in [0.25, 0.3) is 0 Å². The first kappa shape index (κ1) is 12.5. The van der Waals surface area contributed by atoms with Crippen LogP contribution in [0.1, 0.15) is 40.5 Å². The Kier molecular flexibility index (Phi) is 3.44. The molecule has 3 heteroatoms. The molecule has 0 saturated heterocycles. The van der Waals surface area contributed by atoms with Gasteiger partial charge in [0.2, 0.25) is 5.91 Å². The van der Waals surface area contributed by atoms with E-state index in [-0.39, 0.29) is 5.91 Å².